The van der Waals surface area contributed by atoms with Crippen molar-refractivity contribution in [2.75, 3.05) is 20.8 Å². The molecule has 0 spiro atoms. The van der Waals surface area contributed by atoms with Gasteiger partial charge in [0.1, 0.15) is 11.5 Å². The molecule has 0 radical (unpaired) electrons. The summed E-state index contributed by atoms with van der Waals surface area (Å²) in [7, 11) is 3.65. The normalized spacial score (nSPS) is 18.5. The van der Waals surface area contributed by atoms with Crippen molar-refractivity contribution in [3.05, 3.63) is 53.9 Å². The third-order valence-corrected chi connectivity index (χ3v) is 4.05. The van der Waals surface area contributed by atoms with Gasteiger partial charge in [0.05, 0.1) is 19.9 Å². The van der Waals surface area contributed by atoms with E-state index in [1.807, 2.05) is 31.4 Å². The molecule has 0 saturated heterocycles. The maximum absolute atomic E-state index is 5.76. The molecule has 3 rings (SSSR count). The van der Waals surface area contributed by atoms with Crippen LogP contribution >= 0.6 is 0 Å². The molecule has 21 heavy (non-hydrogen) atoms. The zero-order valence-corrected chi connectivity index (χ0v) is 12.4. The fraction of sp³-hybridized carbons (Fsp3) is 0.353. The fourth-order valence-corrected chi connectivity index (χ4v) is 3.03. The van der Waals surface area contributed by atoms with Crippen molar-refractivity contribution in [2.24, 2.45) is 0 Å². The lowest BCUT2D eigenvalue weighted by Gasteiger charge is -2.32. The van der Waals surface area contributed by atoms with Crippen LogP contribution < -0.4 is 14.8 Å². The Morgan fingerprint density at radius 3 is 3.00 bits per heavy atom. The van der Waals surface area contributed by atoms with Gasteiger partial charge in [0.25, 0.3) is 0 Å². The van der Waals surface area contributed by atoms with E-state index in [0.29, 0.717) is 5.92 Å². The monoisotopic (exact) mass is 284 g/mol. The van der Waals surface area contributed by atoms with Crippen molar-refractivity contribution in [2.45, 2.75) is 18.4 Å². The van der Waals surface area contributed by atoms with Crippen LogP contribution in [0.1, 0.15) is 29.5 Å². The van der Waals surface area contributed by atoms with Gasteiger partial charge in [-0.05, 0) is 36.7 Å². The van der Waals surface area contributed by atoms with Crippen LogP contribution in [0, 0.1) is 0 Å². The Morgan fingerprint density at radius 1 is 1.33 bits per heavy atom. The number of nitrogens with zero attached hydrogens (tertiary/aromatic N) is 1. The van der Waals surface area contributed by atoms with Crippen molar-refractivity contribution in [1.29, 1.82) is 0 Å². The van der Waals surface area contributed by atoms with E-state index in [4.69, 9.17) is 9.47 Å². The second kappa shape index (κ2) is 6.14. The van der Waals surface area contributed by atoms with E-state index in [-0.39, 0.29) is 6.04 Å². The Balaban J connectivity index is 1.97. The molecule has 0 fully saturated rings. The predicted molar refractivity (Wildman–Crippen MR) is 81.9 cm³/mol. The fourth-order valence-electron chi connectivity index (χ4n) is 3.03. The SMILES string of the molecule is CNC(c1cncc(OC)c1)C1CCOc2ccccc21. The molecule has 2 aromatic rings. The summed E-state index contributed by atoms with van der Waals surface area (Å²) < 4.78 is 11.1. The van der Waals surface area contributed by atoms with Gasteiger partial charge in [-0.25, -0.2) is 0 Å². The Morgan fingerprint density at radius 2 is 2.19 bits per heavy atom. The third-order valence-electron chi connectivity index (χ3n) is 4.05. The maximum Gasteiger partial charge on any atom is 0.137 e. The number of fused-ring (bicyclic) bond motifs is 1. The van der Waals surface area contributed by atoms with Crippen LogP contribution in [-0.2, 0) is 0 Å². The summed E-state index contributed by atoms with van der Waals surface area (Å²) >= 11 is 0. The number of benzene rings is 1. The van der Waals surface area contributed by atoms with Gasteiger partial charge in [0.15, 0.2) is 0 Å². The lowest BCUT2D eigenvalue weighted by molar-refractivity contribution is 0.248. The molecule has 1 N–H and O–H groups in total. The van der Waals surface area contributed by atoms with Gasteiger partial charge < -0.3 is 14.8 Å². The summed E-state index contributed by atoms with van der Waals surface area (Å²) in [5.74, 6) is 2.15. The minimum Gasteiger partial charge on any atom is -0.495 e. The first-order valence-electron chi connectivity index (χ1n) is 7.21. The van der Waals surface area contributed by atoms with Crippen LogP contribution in [0.5, 0.6) is 11.5 Å². The van der Waals surface area contributed by atoms with Crippen LogP contribution in [0.15, 0.2) is 42.7 Å². The summed E-state index contributed by atoms with van der Waals surface area (Å²) in [5, 5.41) is 3.43. The average molecular weight is 284 g/mol. The molecule has 0 bridgehead atoms. The third kappa shape index (κ3) is 2.72. The average Bonchev–Trinajstić information content (AvgIpc) is 2.56. The molecule has 1 aliphatic rings. The number of rotatable bonds is 4. The van der Waals surface area contributed by atoms with E-state index in [0.717, 1.165) is 30.1 Å². The molecule has 4 heteroatoms. The van der Waals surface area contributed by atoms with Crippen LogP contribution in [0.25, 0.3) is 0 Å². The second-order valence-corrected chi connectivity index (χ2v) is 5.21. The predicted octanol–water partition coefficient (Wildman–Crippen LogP) is 2.92. The summed E-state index contributed by atoms with van der Waals surface area (Å²) in [4.78, 5) is 4.28. The number of ether oxygens (including phenoxy) is 2. The highest BCUT2D eigenvalue weighted by Crippen LogP contribution is 2.41. The highest BCUT2D eigenvalue weighted by atomic mass is 16.5. The van der Waals surface area contributed by atoms with Crippen molar-refractivity contribution < 1.29 is 9.47 Å². The summed E-state index contributed by atoms with van der Waals surface area (Å²) in [6.07, 6.45) is 4.62. The molecular formula is C17H20N2O2. The molecule has 4 nitrogen and oxygen atoms in total. The molecule has 1 aromatic carbocycles. The van der Waals surface area contributed by atoms with Gasteiger partial charge in [-0.2, -0.15) is 0 Å². The topological polar surface area (TPSA) is 43.4 Å². The van der Waals surface area contributed by atoms with Gasteiger partial charge in [0.2, 0.25) is 0 Å². The van der Waals surface area contributed by atoms with Crippen LogP contribution in [-0.4, -0.2) is 25.7 Å². The highest BCUT2D eigenvalue weighted by molar-refractivity contribution is 5.40. The minimum absolute atomic E-state index is 0.192. The Kier molecular flexibility index (Phi) is 4.06. The van der Waals surface area contributed by atoms with E-state index in [1.54, 1.807) is 13.3 Å². The standard InChI is InChI=1S/C17H20N2O2/c1-18-17(12-9-13(20-2)11-19-10-12)15-7-8-21-16-6-4-3-5-14(15)16/h3-6,9-11,15,17-18H,7-8H2,1-2H3. The lowest BCUT2D eigenvalue weighted by Crippen LogP contribution is -2.28. The van der Waals surface area contributed by atoms with Crippen molar-refractivity contribution >= 4 is 0 Å². The Hall–Kier alpha value is -2.07. The van der Waals surface area contributed by atoms with Gasteiger partial charge in [-0.3, -0.25) is 4.98 Å². The van der Waals surface area contributed by atoms with Gasteiger partial charge in [-0.1, -0.05) is 18.2 Å². The number of para-hydroxylation sites is 1. The number of nitrogens with one attached hydrogen (secondary N) is 1. The highest BCUT2D eigenvalue weighted by Gasteiger charge is 2.29. The van der Waals surface area contributed by atoms with E-state index in [2.05, 4.69) is 22.4 Å². The molecule has 110 valence electrons. The maximum atomic E-state index is 5.76. The largest absolute Gasteiger partial charge is 0.495 e. The Bertz CT molecular complexity index is 615. The molecule has 2 unspecified atom stereocenters. The molecule has 1 aliphatic heterocycles. The molecule has 0 amide bonds. The minimum atomic E-state index is 0.192. The van der Waals surface area contributed by atoms with Crippen molar-refractivity contribution in [3.63, 3.8) is 0 Å². The quantitative estimate of drug-likeness (QED) is 0.937. The van der Waals surface area contributed by atoms with Gasteiger partial charge in [0, 0.05) is 18.2 Å². The first-order valence-corrected chi connectivity index (χ1v) is 7.21. The molecular weight excluding hydrogens is 264 g/mol. The van der Waals surface area contributed by atoms with Gasteiger partial charge >= 0.3 is 0 Å². The summed E-state index contributed by atoms with van der Waals surface area (Å²) in [6.45, 7) is 0.747. The van der Waals surface area contributed by atoms with Crippen molar-refractivity contribution in [1.82, 2.24) is 10.3 Å². The number of pyridine rings is 1. The van der Waals surface area contributed by atoms with Crippen molar-refractivity contribution in [3.8, 4) is 11.5 Å². The number of aromatic nitrogens is 1. The first-order chi connectivity index (χ1) is 10.3. The van der Waals surface area contributed by atoms with Crippen LogP contribution in [0.2, 0.25) is 0 Å². The molecule has 0 saturated carbocycles. The number of hydrogen-bond donors (Lipinski definition) is 1. The molecule has 2 atom stereocenters. The molecule has 2 heterocycles. The zero-order valence-electron chi connectivity index (χ0n) is 12.4. The lowest BCUT2D eigenvalue weighted by atomic mass is 9.83. The molecule has 0 aliphatic carbocycles. The number of hydrogen-bond acceptors (Lipinski definition) is 4. The smallest absolute Gasteiger partial charge is 0.137 e. The van der Waals surface area contributed by atoms with Crippen LogP contribution in [0.3, 0.4) is 0 Å². The zero-order chi connectivity index (χ0) is 14.7. The first kappa shape index (κ1) is 13.9. The van der Waals surface area contributed by atoms with Crippen LogP contribution in [0.4, 0.5) is 0 Å². The summed E-state index contributed by atoms with van der Waals surface area (Å²) in [6, 6.07) is 10.5. The van der Waals surface area contributed by atoms with E-state index in [1.165, 1.54) is 5.56 Å². The van der Waals surface area contributed by atoms with E-state index in [9.17, 15) is 0 Å². The van der Waals surface area contributed by atoms with E-state index >= 15 is 0 Å². The number of methoxy groups -OCH3 is 1. The Labute approximate surface area is 125 Å². The summed E-state index contributed by atoms with van der Waals surface area (Å²) in [5.41, 5.74) is 2.39. The van der Waals surface area contributed by atoms with Gasteiger partial charge in [-0.15, -0.1) is 0 Å². The second-order valence-electron chi connectivity index (χ2n) is 5.21. The number of likely N-dealkylation sites (N-methyl/N-ethyl adjacent to an activating group) is 1. The van der Waals surface area contributed by atoms with E-state index < -0.39 is 0 Å². The molecule has 1 aromatic heterocycles.